The van der Waals surface area contributed by atoms with Crippen molar-refractivity contribution in [2.24, 2.45) is 0 Å². The molecule has 0 saturated heterocycles. The highest BCUT2D eigenvalue weighted by Crippen LogP contribution is 2.53. The first-order valence-electron chi connectivity index (χ1n) is 18.9. The minimum Gasteiger partial charge on any atom is -0.482 e. The number of ether oxygens (including phenoxy) is 2. The Kier molecular flexibility index (Phi) is 5.86. The molecular formula is C50H36N2O2. The molecule has 4 nitrogen and oxygen atoms in total. The molecule has 0 spiro atoms. The van der Waals surface area contributed by atoms with Crippen molar-refractivity contribution in [3.63, 3.8) is 0 Å². The average Bonchev–Trinajstić information content (AvgIpc) is 3.91. The van der Waals surface area contributed by atoms with Crippen LogP contribution in [0.2, 0.25) is 0 Å². The zero-order valence-corrected chi connectivity index (χ0v) is 30.0. The number of hydrogen-bond donors (Lipinski definition) is 0. The Bertz CT molecular complexity index is 3010. The smallest absolute Gasteiger partial charge is 0.148 e. The van der Waals surface area contributed by atoms with Gasteiger partial charge in [-0.25, -0.2) is 0 Å². The van der Waals surface area contributed by atoms with Gasteiger partial charge in [-0.2, -0.15) is 0 Å². The van der Waals surface area contributed by atoms with Crippen molar-refractivity contribution in [2.45, 2.75) is 36.9 Å². The van der Waals surface area contributed by atoms with E-state index >= 15 is 0 Å². The summed E-state index contributed by atoms with van der Waals surface area (Å²) in [7, 11) is 0. The highest BCUT2D eigenvalue weighted by Gasteiger charge is 2.45. The van der Waals surface area contributed by atoms with E-state index in [4.69, 9.17) is 9.47 Å². The summed E-state index contributed by atoms with van der Waals surface area (Å²) in [6.07, 6.45) is 15.6. The molecule has 0 bridgehead atoms. The van der Waals surface area contributed by atoms with Crippen molar-refractivity contribution in [3.05, 3.63) is 187 Å². The molecule has 0 saturated carbocycles. The first-order chi connectivity index (χ1) is 26.5. The highest BCUT2D eigenvalue weighted by atomic mass is 16.5. The van der Waals surface area contributed by atoms with E-state index in [0.717, 1.165) is 22.9 Å². The predicted molar refractivity (Wildman–Crippen MR) is 221 cm³/mol. The van der Waals surface area contributed by atoms with E-state index in [1.54, 1.807) is 0 Å². The van der Waals surface area contributed by atoms with Crippen LogP contribution >= 0.6 is 0 Å². The van der Waals surface area contributed by atoms with E-state index in [2.05, 4.69) is 193 Å². The van der Waals surface area contributed by atoms with E-state index in [1.807, 2.05) is 0 Å². The summed E-state index contributed by atoms with van der Waals surface area (Å²) < 4.78 is 18.3. The van der Waals surface area contributed by atoms with Crippen LogP contribution in [-0.2, 0) is 0 Å². The van der Waals surface area contributed by atoms with Crippen LogP contribution < -0.4 is 9.47 Å². The Labute approximate surface area is 313 Å². The van der Waals surface area contributed by atoms with Crippen molar-refractivity contribution in [1.82, 2.24) is 9.13 Å². The van der Waals surface area contributed by atoms with Crippen LogP contribution in [0.5, 0.6) is 11.5 Å². The van der Waals surface area contributed by atoms with Gasteiger partial charge in [-0.3, -0.25) is 0 Å². The van der Waals surface area contributed by atoms with Gasteiger partial charge in [-0.15, -0.1) is 0 Å². The van der Waals surface area contributed by atoms with Gasteiger partial charge in [0.05, 0.1) is 27.8 Å². The third kappa shape index (κ3) is 3.97. The maximum atomic E-state index is 6.83. The van der Waals surface area contributed by atoms with Crippen molar-refractivity contribution in [3.8, 4) is 22.9 Å². The number of rotatable bonds is 3. The van der Waals surface area contributed by atoms with Crippen molar-refractivity contribution >= 4 is 49.2 Å². The molecule has 4 heterocycles. The van der Waals surface area contributed by atoms with Gasteiger partial charge in [-0.1, -0.05) is 103 Å². The Morgan fingerprint density at radius 3 is 2.00 bits per heavy atom. The summed E-state index contributed by atoms with van der Waals surface area (Å²) in [6.45, 7) is 4.40. The van der Waals surface area contributed by atoms with Gasteiger partial charge in [0.1, 0.15) is 22.7 Å². The molecule has 12 rings (SSSR count). The minimum absolute atomic E-state index is 0.0645. The number of aromatic nitrogens is 2. The number of nitrogens with zero attached hydrogens (tertiary/aromatic N) is 2. The van der Waals surface area contributed by atoms with Crippen LogP contribution in [-0.4, -0.2) is 20.3 Å². The van der Waals surface area contributed by atoms with Gasteiger partial charge in [0.25, 0.3) is 0 Å². The lowest BCUT2D eigenvalue weighted by atomic mass is 9.79. The molecule has 54 heavy (non-hydrogen) atoms. The van der Waals surface area contributed by atoms with E-state index in [9.17, 15) is 0 Å². The van der Waals surface area contributed by atoms with Gasteiger partial charge in [0.2, 0.25) is 0 Å². The zero-order valence-electron chi connectivity index (χ0n) is 30.0. The third-order valence-electron chi connectivity index (χ3n) is 12.4. The lowest BCUT2D eigenvalue weighted by molar-refractivity contribution is 0.155. The lowest BCUT2D eigenvalue weighted by Gasteiger charge is -2.29. The van der Waals surface area contributed by atoms with E-state index in [-0.39, 0.29) is 17.4 Å². The van der Waals surface area contributed by atoms with Crippen LogP contribution in [0.15, 0.2) is 170 Å². The van der Waals surface area contributed by atoms with Crippen molar-refractivity contribution < 1.29 is 9.47 Å². The molecule has 0 amide bonds. The average molecular weight is 697 g/mol. The quantitative estimate of drug-likeness (QED) is 0.184. The van der Waals surface area contributed by atoms with Crippen molar-refractivity contribution in [1.29, 1.82) is 0 Å². The van der Waals surface area contributed by atoms with E-state index in [0.29, 0.717) is 0 Å². The second-order valence-corrected chi connectivity index (χ2v) is 15.6. The van der Waals surface area contributed by atoms with Crippen LogP contribution in [0.3, 0.4) is 0 Å². The topological polar surface area (TPSA) is 28.3 Å². The molecule has 8 aromatic rings. The first kappa shape index (κ1) is 30.0. The monoisotopic (exact) mass is 696 g/mol. The summed E-state index contributed by atoms with van der Waals surface area (Å²) >= 11 is 0. The number of allylic oxidation sites excluding steroid dienone is 4. The molecular weight excluding hydrogens is 661 g/mol. The summed E-state index contributed by atoms with van der Waals surface area (Å²) in [6, 6.07) is 46.4. The van der Waals surface area contributed by atoms with Gasteiger partial charge in [0, 0.05) is 50.2 Å². The molecule has 4 heteroatoms. The molecule has 4 unspecified atom stereocenters. The van der Waals surface area contributed by atoms with E-state index in [1.165, 1.54) is 65.9 Å². The van der Waals surface area contributed by atoms with Gasteiger partial charge in [-0.05, 0) is 91.7 Å². The third-order valence-corrected chi connectivity index (χ3v) is 12.4. The molecule has 2 aromatic heterocycles. The van der Waals surface area contributed by atoms with Crippen LogP contribution in [0, 0.1) is 0 Å². The fourth-order valence-corrected chi connectivity index (χ4v) is 9.83. The van der Waals surface area contributed by atoms with Crippen LogP contribution in [0.25, 0.3) is 60.6 Å². The number of hydrogen-bond acceptors (Lipinski definition) is 2. The molecule has 2 aliphatic carbocycles. The van der Waals surface area contributed by atoms with Gasteiger partial charge < -0.3 is 18.6 Å². The van der Waals surface area contributed by atoms with Gasteiger partial charge >= 0.3 is 0 Å². The summed E-state index contributed by atoms with van der Waals surface area (Å²) in [5.74, 6) is 2.17. The van der Waals surface area contributed by atoms with Gasteiger partial charge in [0.15, 0.2) is 0 Å². The zero-order chi connectivity index (χ0) is 35.8. The largest absolute Gasteiger partial charge is 0.482 e. The normalized spacial score (nSPS) is 23.3. The van der Waals surface area contributed by atoms with Crippen LogP contribution in [0.1, 0.15) is 42.4 Å². The maximum absolute atomic E-state index is 6.83. The minimum atomic E-state index is -0.461. The molecule has 6 aromatic carbocycles. The highest BCUT2D eigenvalue weighted by molar-refractivity contribution is 6.11. The second kappa shape index (κ2) is 10.5. The number of fused-ring (bicyclic) bond motifs is 12. The lowest BCUT2D eigenvalue weighted by Crippen LogP contribution is -2.32. The molecule has 4 atom stereocenters. The molecule has 4 aliphatic rings. The van der Waals surface area contributed by atoms with Crippen LogP contribution in [0.4, 0.5) is 0 Å². The molecule has 258 valence electrons. The molecule has 0 N–H and O–H groups in total. The Hall–Kier alpha value is -6.52. The fourth-order valence-electron chi connectivity index (χ4n) is 9.83. The Morgan fingerprint density at radius 2 is 1.22 bits per heavy atom. The number of benzene rings is 6. The summed E-state index contributed by atoms with van der Waals surface area (Å²) in [4.78, 5) is 0. The maximum Gasteiger partial charge on any atom is 0.148 e. The SMILES string of the molecule is CC12C=CC(c3ccc4c(c3)c3ccccc3n4-c3cccc4c3OC3(C)C=CC=CC43)=CC1c1cc(-n3c4ccccc4c4ccccc43)ccc1O2. The fraction of sp³-hybridized carbons (Fsp3) is 0.120. The first-order valence-corrected chi connectivity index (χ1v) is 18.9. The number of para-hydroxylation sites is 4. The second-order valence-electron chi connectivity index (χ2n) is 15.6. The van der Waals surface area contributed by atoms with E-state index < -0.39 is 5.60 Å². The Balaban J connectivity index is 0.983. The molecule has 0 radical (unpaired) electrons. The Morgan fingerprint density at radius 1 is 0.537 bits per heavy atom. The predicted octanol–water partition coefficient (Wildman–Crippen LogP) is 12.1. The summed E-state index contributed by atoms with van der Waals surface area (Å²) in [5, 5.41) is 4.98. The van der Waals surface area contributed by atoms with Crippen molar-refractivity contribution in [2.75, 3.05) is 0 Å². The molecule has 0 fully saturated rings. The summed E-state index contributed by atoms with van der Waals surface area (Å²) in [5.41, 5.74) is 11.0. The standard InChI is InChI=1S/C50H36N2O2/c1-49-26-10-9-16-40(49)37-15-11-20-46(48(37)54-49)52-44-19-8-5-14-36(44)38-28-31(21-23-45(38)52)32-25-27-50(2)41(29-32)39-30-33(22-24-47(39)53-50)51-42-17-6-3-12-34(42)35-13-4-7-18-43(35)51/h3-30,40-41H,1-2H3. The molecule has 2 aliphatic heterocycles.